The molecule has 0 aromatic carbocycles. The Morgan fingerprint density at radius 2 is 1.59 bits per heavy atom. The molecule has 2 saturated heterocycles. The summed E-state index contributed by atoms with van der Waals surface area (Å²) in [6.45, 7) is 28.1. The van der Waals surface area contributed by atoms with Gasteiger partial charge in [-0.1, -0.05) is 80.8 Å². The number of carbonyl (C=O) groups is 1. The molecule has 2 aliphatic rings. The summed E-state index contributed by atoms with van der Waals surface area (Å²) < 4.78 is 37.4. The van der Waals surface area contributed by atoms with E-state index in [4.69, 9.17) is 33.7 Å². The maximum Gasteiger partial charge on any atom is 0.335 e. The van der Waals surface area contributed by atoms with Crippen LogP contribution in [-0.4, -0.2) is 75.8 Å². The fourth-order valence-corrected chi connectivity index (χ4v) is 18.7. The van der Waals surface area contributed by atoms with Crippen molar-refractivity contribution in [2.75, 3.05) is 11.9 Å². The lowest BCUT2D eigenvalue weighted by molar-refractivity contribution is -0.118. The number of nitrogens with zero attached hydrogens (tertiary/aromatic N) is 4. The largest absolute Gasteiger partial charge is 0.414 e. The smallest absolute Gasteiger partial charge is 0.335 e. The highest BCUT2D eigenvalue weighted by molar-refractivity contribution is 6.84. The van der Waals surface area contributed by atoms with E-state index in [2.05, 4.69) is 95.3 Å². The molecule has 1 N–H and O–H groups in total. The molecule has 0 bridgehead atoms. The molecule has 2 aliphatic heterocycles. The summed E-state index contributed by atoms with van der Waals surface area (Å²) in [5.41, 5.74) is 1.60. The SMILES string of the molecule is CC(C)C(=O)Nc1nc(Cl)c2ncn([C@@H]3O[C@@H]4CO[Si](C(C)C)(C(C)C)O[Si](C(C)C)(C(C)C)OC4[C@@H]3O[Si](C)(C)C)c2n1. The van der Waals surface area contributed by atoms with Crippen molar-refractivity contribution in [3.8, 4) is 0 Å². The first-order valence-corrected chi connectivity index (χ1v) is 23.6. The Balaban J connectivity index is 1.86. The number of nitrogens with one attached hydrogen (secondary N) is 1. The number of hydrogen-bond acceptors (Lipinski definition) is 9. The predicted molar refractivity (Wildman–Crippen MR) is 180 cm³/mol. The minimum absolute atomic E-state index is 0.110. The summed E-state index contributed by atoms with van der Waals surface area (Å²) in [4.78, 5) is 26.0. The molecule has 2 fully saturated rings. The molecule has 2 aromatic rings. The standard InChI is InChI=1S/C29H52ClN5O6Si3/c1-16(2)27(36)34-29-32-25(30)22-26(33-29)35(15-31-22)28-24(39-42(11,12)13)23-21(38-28)14-37-43(17(3)4,18(5)6)41-44(40-23,19(7)8)20(9)10/h15-21,23-24,28H,14H2,1-13H3,(H,32,33,34,36)/t21-,23?,24+,28-/m1/s1. The Morgan fingerprint density at radius 3 is 2.11 bits per heavy atom. The molecule has 15 heteroatoms. The number of aromatic nitrogens is 4. The van der Waals surface area contributed by atoms with Crippen LogP contribution in [0, 0.1) is 5.92 Å². The molecule has 44 heavy (non-hydrogen) atoms. The van der Waals surface area contributed by atoms with E-state index in [1.165, 1.54) is 0 Å². The van der Waals surface area contributed by atoms with Gasteiger partial charge in [-0.05, 0) is 41.8 Å². The highest BCUT2D eigenvalue weighted by Gasteiger charge is 2.62. The van der Waals surface area contributed by atoms with Crippen LogP contribution in [0.4, 0.5) is 5.95 Å². The number of hydrogen-bond donors (Lipinski definition) is 1. The molecule has 1 amide bonds. The summed E-state index contributed by atoms with van der Waals surface area (Å²) in [6, 6.07) is 0. The van der Waals surface area contributed by atoms with Gasteiger partial charge in [0.15, 0.2) is 25.3 Å². The molecular weight excluding hydrogens is 634 g/mol. The number of ether oxygens (including phenoxy) is 1. The number of imidazole rings is 1. The Hall–Kier alpha value is -1.24. The molecule has 4 atom stereocenters. The molecule has 11 nitrogen and oxygen atoms in total. The van der Waals surface area contributed by atoms with E-state index in [0.29, 0.717) is 17.8 Å². The molecule has 4 heterocycles. The van der Waals surface area contributed by atoms with Crippen molar-refractivity contribution in [3.63, 3.8) is 0 Å². The van der Waals surface area contributed by atoms with Crippen LogP contribution < -0.4 is 5.32 Å². The third-order valence-electron chi connectivity index (χ3n) is 8.52. The molecule has 0 spiro atoms. The normalized spacial score (nSPS) is 25.7. The van der Waals surface area contributed by atoms with Gasteiger partial charge in [0.25, 0.3) is 0 Å². The second-order valence-electron chi connectivity index (χ2n) is 14.6. The number of halogens is 1. The van der Waals surface area contributed by atoms with Gasteiger partial charge in [0.05, 0.1) is 12.9 Å². The van der Waals surface area contributed by atoms with Crippen LogP contribution in [0.2, 0.25) is 47.0 Å². The first-order chi connectivity index (χ1) is 20.3. The average molecular weight is 686 g/mol. The zero-order valence-electron chi connectivity index (χ0n) is 28.6. The lowest BCUT2D eigenvalue weighted by atomic mass is 10.1. The van der Waals surface area contributed by atoms with Gasteiger partial charge in [-0.3, -0.25) is 14.7 Å². The second-order valence-corrected chi connectivity index (χ2v) is 28.3. The van der Waals surface area contributed by atoms with Gasteiger partial charge in [-0.25, -0.2) is 4.98 Å². The number of amides is 1. The van der Waals surface area contributed by atoms with Crippen LogP contribution in [0.5, 0.6) is 0 Å². The van der Waals surface area contributed by atoms with Gasteiger partial charge in [-0.2, -0.15) is 9.97 Å². The molecular formula is C29H52ClN5O6Si3. The molecule has 0 saturated carbocycles. The van der Waals surface area contributed by atoms with Gasteiger partial charge >= 0.3 is 17.1 Å². The van der Waals surface area contributed by atoms with E-state index in [9.17, 15) is 4.79 Å². The van der Waals surface area contributed by atoms with Crippen LogP contribution in [0.1, 0.15) is 75.5 Å². The fourth-order valence-electron chi connectivity index (χ4n) is 6.26. The Labute approximate surface area is 270 Å². The maximum atomic E-state index is 12.5. The lowest BCUT2D eigenvalue weighted by Crippen LogP contribution is -2.66. The van der Waals surface area contributed by atoms with Gasteiger partial charge in [0.1, 0.15) is 23.8 Å². The second kappa shape index (κ2) is 13.1. The number of rotatable bonds is 9. The van der Waals surface area contributed by atoms with E-state index in [1.807, 2.05) is 4.57 Å². The molecule has 4 rings (SSSR count). The highest BCUT2D eigenvalue weighted by Crippen LogP contribution is 2.49. The summed E-state index contributed by atoms with van der Waals surface area (Å²) in [7, 11) is -7.82. The van der Waals surface area contributed by atoms with Crippen molar-refractivity contribution in [2.24, 2.45) is 5.92 Å². The van der Waals surface area contributed by atoms with Crippen LogP contribution in [0.3, 0.4) is 0 Å². The minimum Gasteiger partial charge on any atom is -0.414 e. The van der Waals surface area contributed by atoms with Crippen LogP contribution in [0.25, 0.3) is 11.2 Å². The number of anilines is 1. The van der Waals surface area contributed by atoms with Crippen molar-refractivity contribution in [1.29, 1.82) is 0 Å². The third-order valence-corrected chi connectivity index (χ3v) is 20.0. The van der Waals surface area contributed by atoms with E-state index < -0.39 is 50.0 Å². The maximum absolute atomic E-state index is 12.5. The number of fused-ring (bicyclic) bond motifs is 2. The molecule has 248 valence electrons. The molecule has 0 radical (unpaired) electrons. The molecule has 0 aliphatic carbocycles. The van der Waals surface area contributed by atoms with Crippen LogP contribution >= 0.6 is 11.6 Å². The van der Waals surface area contributed by atoms with Gasteiger partial charge in [-0.15, -0.1) is 0 Å². The Bertz CT molecular complexity index is 1320. The molecule has 1 unspecified atom stereocenters. The first kappa shape index (κ1) is 35.6. The Kier molecular flexibility index (Phi) is 10.6. The van der Waals surface area contributed by atoms with Gasteiger partial charge in [0.2, 0.25) is 11.9 Å². The first-order valence-electron chi connectivity index (χ1n) is 15.9. The monoisotopic (exact) mass is 685 g/mol. The van der Waals surface area contributed by atoms with E-state index >= 15 is 0 Å². The topological polar surface area (TPSA) is 119 Å². The predicted octanol–water partition coefficient (Wildman–Crippen LogP) is 7.15. The zero-order chi connectivity index (χ0) is 32.9. The van der Waals surface area contributed by atoms with Gasteiger partial charge < -0.3 is 22.1 Å². The van der Waals surface area contributed by atoms with Crippen LogP contribution in [-0.2, 0) is 26.9 Å². The zero-order valence-corrected chi connectivity index (χ0v) is 32.4. The summed E-state index contributed by atoms with van der Waals surface area (Å²) >= 11 is 6.56. The highest BCUT2D eigenvalue weighted by atomic mass is 35.5. The van der Waals surface area contributed by atoms with Gasteiger partial charge in [0, 0.05) is 5.92 Å². The average Bonchev–Trinajstić information content (AvgIpc) is 3.43. The van der Waals surface area contributed by atoms with Crippen molar-refractivity contribution >= 4 is 60.1 Å². The van der Waals surface area contributed by atoms with Crippen molar-refractivity contribution in [3.05, 3.63) is 11.5 Å². The van der Waals surface area contributed by atoms with Crippen molar-refractivity contribution in [2.45, 2.75) is 136 Å². The van der Waals surface area contributed by atoms with E-state index in [-0.39, 0.29) is 45.1 Å². The van der Waals surface area contributed by atoms with Crippen LogP contribution in [0.15, 0.2) is 6.33 Å². The summed E-state index contributed by atoms with van der Waals surface area (Å²) in [6.07, 6.45) is -0.325. The lowest BCUT2D eigenvalue weighted by Gasteiger charge is -2.51. The van der Waals surface area contributed by atoms with Crippen molar-refractivity contribution in [1.82, 2.24) is 19.5 Å². The number of carbonyl (C=O) groups excluding carboxylic acids is 1. The Morgan fingerprint density at radius 1 is 1.00 bits per heavy atom. The quantitative estimate of drug-likeness (QED) is 0.217. The van der Waals surface area contributed by atoms with Crippen molar-refractivity contribution < 1.29 is 26.9 Å². The summed E-state index contributed by atoms with van der Waals surface area (Å²) in [5, 5.41) is 2.90. The minimum atomic E-state index is -2.93. The fraction of sp³-hybridized carbons (Fsp3) is 0.793. The third kappa shape index (κ3) is 6.74. The summed E-state index contributed by atoms with van der Waals surface area (Å²) in [5.74, 6) is -0.350. The van der Waals surface area contributed by atoms with E-state index in [0.717, 1.165) is 0 Å². The molecule has 2 aromatic heterocycles. The van der Waals surface area contributed by atoms with E-state index in [1.54, 1.807) is 20.2 Å².